The maximum atomic E-state index is 15.0. The number of phosphoric acid groups is 3. The van der Waals surface area contributed by atoms with Crippen molar-refractivity contribution in [2.75, 3.05) is 55.0 Å². The van der Waals surface area contributed by atoms with Crippen molar-refractivity contribution in [1.29, 1.82) is 0 Å². The lowest BCUT2D eigenvalue weighted by molar-refractivity contribution is -0.386. The van der Waals surface area contributed by atoms with Crippen LogP contribution >= 0.6 is 23.5 Å². The molecule has 2 aliphatic rings. The number of rotatable bonds is 36. The first kappa shape index (κ1) is 66.5. The number of benzene rings is 1. The Morgan fingerprint density at radius 1 is 0.506 bits per heavy atom. The molecule has 0 amide bonds. The molecular formula is C42H64NO31P3. The van der Waals surface area contributed by atoms with Crippen LogP contribution in [0.25, 0.3) is 0 Å². The van der Waals surface area contributed by atoms with E-state index in [1.165, 1.54) is 69.6 Å². The van der Waals surface area contributed by atoms with Gasteiger partial charge in [0.25, 0.3) is 5.69 Å². The van der Waals surface area contributed by atoms with E-state index in [9.17, 15) is 48.0 Å². The highest BCUT2D eigenvalue weighted by Gasteiger charge is 2.65. The SMILES string of the molecule is CCC(=O)OCOP(=O)(OCOC(=O)CC)OC1C(OCc2cc(OC)c(OC)cc2[N+](=O)[O-])C(OP(=O)(OCOC(=O)CC)OCOC(=O)CC)C(OP(=O)(OCOC(=O)CC)OCOC(=O)CC)C2OC(C)(C)OC21. The molecule has 6 unspecified atom stereocenters. The average Bonchev–Trinajstić information content (AvgIpc) is 3.74. The second kappa shape index (κ2) is 31.7. The fraction of sp³-hybridized carbons (Fsp3) is 0.714. The minimum atomic E-state index is -5.56. The van der Waals surface area contributed by atoms with Crippen LogP contribution in [0.4, 0.5) is 5.69 Å². The summed E-state index contributed by atoms with van der Waals surface area (Å²) in [6, 6.07) is 2.09. The minimum Gasteiger partial charge on any atom is -0.493 e. The van der Waals surface area contributed by atoms with Crippen LogP contribution in [0, 0.1) is 10.1 Å². The van der Waals surface area contributed by atoms with E-state index in [1.54, 1.807) is 0 Å². The second-order valence-corrected chi connectivity index (χ2v) is 20.6. The molecule has 0 bridgehead atoms. The summed E-state index contributed by atoms with van der Waals surface area (Å²) in [7, 11) is -14.0. The predicted octanol–water partition coefficient (Wildman–Crippen LogP) is 6.07. The van der Waals surface area contributed by atoms with Crippen molar-refractivity contribution in [2.45, 2.75) is 143 Å². The molecule has 0 spiro atoms. The minimum absolute atomic E-state index is 0.0802. The van der Waals surface area contributed by atoms with Gasteiger partial charge >= 0.3 is 59.3 Å². The smallest absolute Gasteiger partial charge is 0.481 e. The van der Waals surface area contributed by atoms with Gasteiger partial charge in [0, 0.05) is 38.5 Å². The first-order chi connectivity index (χ1) is 36.4. The monoisotopic (exact) mass is 1170 g/mol. The van der Waals surface area contributed by atoms with Crippen LogP contribution in [0.3, 0.4) is 0 Å². The maximum Gasteiger partial charge on any atom is 0.481 e. The number of methoxy groups -OCH3 is 2. The highest BCUT2D eigenvalue weighted by Crippen LogP contribution is 2.60. The number of nitrogens with zero attached hydrogens (tertiary/aromatic N) is 1. The number of esters is 6. The molecule has 1 aliphatic heterocycles. The highest BCUT2D eigenvalue weighted by atomic mass is 31.2. The standard InChI is InChI=1S/C42H64NO31P3/c1-11-30(44)58-20-64-75(52,65-21-59-31(45)12-2)72-39-36(57-19-26-17-28(55-9)29(56-10)18-27(26)43(50)51)40(73-76(53,66-22-60-32(46)13-3)67-23-61-33(47)14-4)41(38-37(39)70-42(7,8)71-38)74-77(54,68-24-62-34(48)15-5)69-25-63-35(49)16-6/h17-18,36-41H,11-16,19-25H2,1-10H3. The topological polar surface area (TPSA) is 381 Å². The van der Waals surface area contributed by atoms with Gasteiger partial charge in [0.2, 0.25) is 40.8 Å². The summed E-state index contributed by atoms with van der Waals surface area (Å²) in [5.41, 5.74) is -0.986. The summed E-state index contributed by atoms with van der Waals surface area (Å²) in [6.45, 7) is 3.05. The van der Waals surface area contributed by atoms with Crippen molar-refractivity contribution < 1.29 is 140 Å². The molecule has 32 nitrogen and oxygen atoms in total. The number of hydrogen-bond donors (Lipinski definition) is 0. The van der Waals surface area contributed by atoms with Gasteiger partial charge in [-0.25, -0.2) is 40.8 Å². The zero-order valence-corrected chi connectivity index (χ0v) is 46.4. The van der Waals surface area contributed by atoms with Crippen molar-refractivity contribution in [3.05, 3.63) is 27.8 Å². The van der Waals surface area contributed by atoms with Gasteiger partial charge in [0.15, 0.2) is 17.3 Å². The lowest BCUT2D eigenvalue weighted by Crippen LogP contribution is -2.65. The van der Waals surface area contributed by atoms with Crippen LogP contribution in [-0.4, -0.2) is 138 Å². The van der Waals surface area contributed by atoms with Gasteiger partial charge in [-0.3, -0.25) is 52.5 Å². The van der Waals surface area contributed by atoms with Crippen molar-refractivity contribution in [3.8, 4) is 11.5 Å². The summed E-state index contributed by atoms with van der Waals surface area (Å²) in [5.74, 6) is -7.37. The number of ether oxygens (including phenoxy) is 11. The molecule has 1 saturated heterocycles. The Labute approximate surface area is 441 Å². The molecule has 1 aromatic carbocycles. The largest absolute Gasteiger partial charge is 0.493 e. The van der Waals surface area contributed by atoms with Crippen molar-refractivity contribution in [2.24, 2.45) is 0 Å². The fourth-order valence-corrected chi connectivity index (χ4v) is 9.59. The van der Waals surface area contributed by atoms with E-state index in [0.29, 0.717) is 0 Å². The Kier molecular flexibility index (Phi) is 27.4. The molecule has 2 fully saturated rings. The summed E-state index contributed by atoms with van der Waals surface area (Å²) < 4.78 is 155. The lowest BCUT2D eigenvalue weighted by Gasteiger charge is -2.46. The molecule has 1 saturated carbocycles. The molecule has 1 aliphatic carbocycles. The Morgan fingerprint density at radius 3 is 1.08 bits per heavy atom. The van der Waals surface area contributed by atoms with Crippen molar-refractivity contribution >= 4 is 65.0 Å². The van der Waals surface area contributed by atoms with E-state index in [-0.39, 0.29) is 55.6 Å². The number of carbonyl (C=O) groups excluding carboxylic acids is 6. The molecule has 1 heterocycles. The van der Waals surface area contributed by atoms with E-state index in [0.717, 1.165) is 12.1 Å². The summed E-state index contributed by atoms with van der Waals surface area (Å²) in [5, 5.41) is 12.6. The molecule has 438 valence electrons. The second-order valence-electron chi connectivity index (χ2n) is 15.7. The van der Waals surface area contributed by atoms with Gasteiger partial charge in [-0.1, -0.05) is 41.5 Å². The number of phosphoric ester groups is 3. The molecule has 0 N–H and O–H groups in total. The van der Waals surface area contributed by atoms with Gasteiger partial charge < -0.3 is 52.1 Å². The highest BCUT2D eigenvalue weighted by molar-refractivity contribution is 7.49. The van der Waals surface area contributed by atoms with Crippen LogP contribution in [0.5, 0.6) is 11.5 Å². The first-order valence-electron chi connectivity index (χ1n) is 23.4. The Morgan fingerprint density at radius 2 is 0.792 bits per heavy atom. The first-order valence-corrected chi connectivity index (χ1v) is 27.8. The van der Waals surface area contributed by atoms with E-state index < -0.39 is 160 Å². The fourth-order valence-electron chi connectivity index (χ4n) is 6.30. The average molecular weight is 1170 g/mol. The van der Waals surface area contributed by atoms with Gasteiger partial charge in [0.05, 0.1) is 37.4 Å². The molecule has 0 radical (unpaired) electrons. The van der Waals surface area contributed by atoms with E-state index in [4.69, 9.17) is 92.8 Å². The third kappa shape index (κ3) is 21.1. The number of nitro benzene ring substituents is 1. The van der Waals surface area contributed by atoms with Gasteiger partial charge in [0.1, 0.15) is 36.6 Å². The number of nitro groups is 1. The quantitative estimate of drug-likeness (QED) is 0.0183. The van der Waals surface area contributed by atoms with Gasteiger partial charge in [-0.15, -0.1) is 0 Å². The zero-order valence-electron chi connectivity index (χ0n) is 43.8. The van der Waals surface area contributed by atoms with Crippen LogP contribution in [0.15, 0.2) is 12.1 Å². The van der Waals surface area contributed by atoms with E-state index in [1.807, 2.05) is 0 Å². The Bertz CT molecular complexity index is 2240. The Balaban J connectivity index is 2.50. The van der Waals surface area contributed by atoms with Crippen molar-refractivity contribution in [3.63, 3.8) is 0 Å². The number of fused-ring (bicyclic) bond motifs is 1. The van der Waals surface area contributed by atoms with Gasteiger partial charge in [-0.2, -0.15) is 0 Å². The summed E-state index contributed by atoms with van der Waals surface area (Å²) in [6.07, 6.45) is -14.2. The Hall–Kier alpha value is -4.75. The third-order valence-corrected chi connectivity index (χ3v) is 14.1. The van der Waals surface area contributed by atoms with Crippen LogP contribution in [0.1, 0.15) is 99.5 Å². The van der Waals surface area contributed by atoms with E-state index in [2.05, 4.69) is 0 Å². The van der Waals surface area contributed by atoms with E-state index >= 15 is 4.57 Å². The predicted molar refractivity (Wildman–Crippen MR) is 250 cm³/mol. The molecule has 0 aromatic heterocycles. The van der Waals surface area contributed by atoms with Crippen LogP contribution < -0.4 is 9.47 Å². The zero-order chi connectivity index (χ0) is 57.6. The van der Waals surface area contributed by atoms with Crippen molar-refractivity contribution in [1.82, 2.24) is 0 Å². The normalized spacial score (nSPS) is 20.0. The summed E-state index contributed by atoms with van der Waals surface area (Å²) >= 11 is 0. The molecule has 35 heteroatoms. The molecule has 6 atom stereocenters. The van der Waals surface area contributed by atoms with Crippen LogP contribution in [0.2, 0.25) is 0 Å². The van der Waals surface area contributed by atoms with Gasteiger partial charge in [-0.05, 0) is 19.9 Å². The number of carbonyl (C=O) groups is 6. The number of hydrogen-bond acceptors (Lipinski definition) is 31. The lowest BCUT2D eigenvalue weighted by atomic mass is 9.85. The maximum absolute atomic E-state index is 15.0. The molecule has 77 heavy (non-hydrogen) atoms. The summed E-state index contributed by atoms with van der Waals surface area (Å²) in [4.78, 5) is 85.1. The molecule has 3 rings (SSSR count). The molecular weight excluding hydrogens is 1110 g/mol. The van der Waals surface area contributed by atoms with Crippen LogP contribution in [-0.2, 0) is 132 Å². The molecule has 1 aromatic rings. The third-order valence-electron chi connectivity index (χ3n) is 10.1.